The van der Waals surface area contributed by atoms with Gasteiger partial charge in [0.05, 0.1) is 30.1 Å². The van der Waals surface area contributed by atoms with Crippen LogP contribution in [0.4, 0.5) is 5.69 Å². The zero-order valence-corrected chi connectivity index (χ0v) is 16.9. The standard InChI is InChI=1S/C16H18N6O7S/c1-4-29-11-6-9(5-10(22(26)27)12(11)28-3)7-17-19-13(23)8(2)30-15-14(24)18-16(25)21-20-15/h5-8H,4H2,1-3H3,(H,19,23)(H2,18,21,24,25)/b17-7+. The SMILES string of the molecule is CCOc1cc(/C=N/NC(=O)C(C)Sc2n[nH]c(=O)[nH]c2=O)cc([N+](=O)[O-])c1OC. The van der Waals surface area contributed by atoms with Gasteiger partial charge in [-0.25, -0.2) is 15.3 Å². The van der Waals surface area contributed by atoms with E-state index in [-0.39, 0.29) is 28.8 Å². The molecule has 0 radical (unpaired) electrons. The molecule has 13 nitrogen and oxygen atoms in total. The number of nitrogens with zero attached hydrogens (tertiary/aromatic N) is 3. The van der Waals surface area contributed by atoms with Crippen LogP contribution in [-0.2, 0) is 4.79 Å². The van der Waals surface area contributed by atoms with Crippen molar-refractivity contribution in [2.75, 3.05) is 13.7 Å². The molecule has 0 saturated carbocycles. The van der Waals surface area contributed by atoms with Gasteiger partial charge in [-0.15, -0.1) is 0 Å². The van der Waals surface area contributed by atoms with E-state index in [1.807, 2.05) is 4.98 Å². The van der Waals surface area contributed by atoms with Gasteiger partial charge in [0.2, 0.25) is 5.75 Å². The molecule has 1 unspecified atom stereocenters. The van der Waals surface area contributed by atoms with Gasteiger partial charge in [-0.2, -0.15) is 10.2 Å². The molecule has 0 aliphatic heterocycles. The fourth-order valence-corrected chi connectivity index (χ4v) is 2.94. The summed E-state index contributed by atoms with van der Waals surface area (Å²) in [4.78, 5) is 47.4. The number of carbonyl (C=O) groups is 1. The van der Waals surface area contributed by atoms with Gasteiger partial charge < -0.3 is 9.47 Å². The van der Waals surface area contributed by atoms with E-state index in [9.17, 15) is 24.5 Å². The average molecular weight is 438 g/mol. The fraction of sp³-hybridized carbons (Fsp3) is 0.312. The molecule has 1 aromatic carbocycles. The first kappa shape index (κ1) is 22.6. The Bertz CT molecular complexity index is 1080. The topological polar surface area (TPSA) is 182 Å². The van der Waals surface area contributed by atoms with Crippen molar-refractivity contribution in [2.24, 2.45) is 5.10 Å². The normalized spacial score (nSPS) is 11.8. The fourth-order valence-electron chi connectivity index (χ4n) is 2.19. The third kappa shape index (κ3) is 5.66. The van der Waals surface area contributed by atoms with Crippen LogP contribution in [0.25, 0.3) is 0 Å². The summed E-state index contributed by atoms with van der Waals surface area (Å²) in [5.41, 5.74) is 0.767. The largest absolute Gasteiger partial charge is 0.490 e. The quantitative estimate of drug-likeness (QED) is 0.216. The summed E-state index contributed by atoms with van der Waals surface area (Å²) in [6.07, 6.45) is 1.20. The molecular formula is C16H18N6O7S. The first-order chi connectivity index (χ1) is 14.3. The molecule has 1 heterocycles. The van der Waals surface area contributed by atoms with E-state index in [1.54, 1.807) is 6.92 Å². The van der Waals surface area contributed by atoms with Gasteiger partial charge in [0, 0.05) is 11.6 Å². The van der Waals surface area contributed by atoms with E-state index in [1.165, 1.54) is 32.4 Å². The van der Waals surface area contributed by atoms with Crippen LogP contribution in [0.3, 0.4) is 0 Å². The number of amides is 1. The first-order valence-corrected chi connectivity index (χ1v) is 9.32. The van der Waals surface area contributed by atoms with Crippen molar-refractivity contribution < 1.29 is 19.2 Å². The summed E-state index contributed by atoms with van der Waals surface area (Å²) >= 11 is 0.817. The lowest BCUT2D eigenvalue weighted by Gasteiger charge is -2.10. The lowest BCUT2D eigenvalue weighted by Crippen LogP contribution is -2.30. The van der Waals surface area contributed by atoms with Gasteiger partial charge in [0.25, 0.3) is 11.5 Å². The number of hydrogen-bond acceptors (Lipinski definition) is 10. The van der Waals surface area contributed by atoms with E-state index in [0.29, 0.717) is 5.56 Å². The van der Waals surface area contributed by atoms with Crippen molar-refractivity contribution in [3.05, 3.63) is 48.6 Å². The highest BCUT2D eigenvalue weighted by Crippen LogP contribution is 2.37. The molecule has 160 valence electrons. The Labute approximate surface area is 173 Å². The Hall–Kier alpha value is -3.68. The minimum atomic E-state index is -0.772. The second-order valence-corrected chi connectivity index (χ2v) is 6.90. The van der Waals surface area contributed by atoms with Gasteiger partial charge in [-0.3, -0.25) is 24.7 Å². The molecule has 0 aliphatic carbocycles. The molecule has 1 atom stereocenters. The molecular weight excluding hydrogens is 420 g/mol. The van der Waals surface area contributed by atoms with E-state index >= 15 is 0 Å². The zero-order chi connectivity index (χ0) is 22.3. The predicted octanol–water partition coefficient (Wildman–Crippen LogP) is 0.405. The Kier molecular flexibility index (Phi) is 7.69. The Morgan fingerprint density at radius 2 is 2.20 bits per heavy atom. The van der Waals surface area contributed by atoms with Crippen molar-refractivity contribution in [1.29, 1.82) is 0 Å². The number of thioether (sulfide) groups is 1. The number of nitro benzene ring substituents is 1. The molecule has 1 amide bonds. The summed E-state index contributed by atoms with van der Waals surface area (Å²) in [7, 11) is 1.29. The monoisotopic (exact) mass is 438 g/mol. The van der Waals surface area contributed by atoms with Crippen molar-refractivity contribution >= 4 is 29.6 Å². The van der Waals surface area contributed by atoms with E-state index in [2.05, 4.69) is 20.7 Å². The van der Waals surface area contributed by atoms with Crippen molar-refractivity contribution in [1.82, 2.24) is 20.6 Å². The van der Waals surface area contributed by atoms with Crippen LogP contribution in [-0.4, -0.2) is 51.2 Å². The van der Waals surface area contributed by atoms with Gasteiger partial charge in [-0.1, -0.05) is 11.8 Å². The number of ether oxygens (including phenoxy) is 2. The first-order valence-electron chi connectivity index (χ1n) is 8.44. The van der Waals surface area contributed by atoms with Crippen LogP contribution in [0.2, 0.25) is 0 Å². The number of hydrazone groups is 1. The lowest BCUT2D eigenvalue weighted by atomic mass is 10.2. The van der Waals surface area contributed by atoms with Crippen LogP contribution in [0.5, 0.6) is 11.5 Å². The molecule has 3 N–H and O–H groups in total. The van der Waals surface area contributed by atoms with Crippen molar-refractivity contribution in [2.45, 2.75) is 24.1 Å². The molecule has 14 heteroatoms. The maximum Gasteiger partial charge on any atom is 0.342 e. The minimum absolute atomic E-state index is 0.0216. The molecule has 0 saturated heterocycles. The highest BCUT2D eigenvalue weighted by Gasteiger charge is 2.21. The summed E-state index contributed by atoms with van der Waals surface area (Å²) in [6, 6.07) is 2.70. The second kappa shape index (κ2) is 10.2. The summed E-state index contributed by atoms with van der Waals surface area (Å²) in [6.45, 7) is 3.48. The van der Waals surface area contributed by atoms with Gasteiger partial charge in [0.1, 0.15) is 0 Å². The third-order valence-electron chi connectivity index (χ3n) is 3.48. The number of carbonyl (C=O) groups excluding carboxylic acids is 1. The minimum Gasteiger partial charge on any atom is -0.490 e. The molecule has 2 rings (SSSR count). The number of aromatic amines is 2. The van der Waals surface area contributed by atoms with Crippen molar-refractivity contribution in [3.8, 4) is 11.5 Å². The molecule has 0 fully saturated rings. The smallest absolute Gasteiger partial charge is 0.342 e. The molecule has 30 heavy (non-hydrogen) atoms. The summed E-state index contributed by atoms with van der Waals surface area (Å²) < 4.78 is 10.4. The number of nitro groups is 1. The number of methoxy groups -OCH3 is 1. The van der Waals surface area contributed by atoms with E-state index in [0.717, 1.165) is 11.8 Å². The highest BCUT2D eigenvalue weighted by molar-refractivity contribution is 8.00. The lowest BCUT2D eigenvalue weighted by molar-refractivity contribution is -0.385. The third-order valence-corrected chi connectivity index (χ3v) is 4.55. The summed E-state index contributed by atoms with van der Waals surface area (Å²) in [5.74, 6) is -0.419. The number of benzene rings is 1. The highest BCUT2D eigenvalue weighted by atomic mass is 32.2. The molecule has 2 aromatic rings. The Morgan fingerprint density at radius 3 is 2.80 bits per heavy atom. The van der Waals surface area contributed by atoms with Crippen molar-refractivity contribution in [3.63, 3.8) is 0 Å². The van der Waals surface area contributed by atoms with E-state index in [4.69, 9.17) is 9.47 Å². The van der Waals surface area contributed by atoms with E-state index < -0.39 is 27.3 Å². The number of rotatable bonds is 9. The number of nitrogens with one attached hydrogen (secondary N) is 3. The molecule has 0 aliphatic rings. The molecule has 1 aromatic heterocycles. The molecule has 0 bridgehead atoms. The zero-order valence-electron chi connectivity index (χ0n) is 16.1. The van der Waals surface area contributed by atoms with Crippen LogP contribution >= 0.6 is 11.8 Å². The molecule has 0 spiro atoms. The number of H-pyrrole nitrogens is 2. The van der Waals surface area contributed by atoms with Crippen LogP contribution < -0.4 is 26.1 Å². The number of hydrogen-bond donors (Lipinski definition) is 3. The van der Waals surface area contributed by atoms with Crippen LogP contribution in [0, 0.1) is 10.1 Å². The Morgan fingerprint density at radius 1 is 1.47 bits per heavy atom. The summed E-state index contributed by atoms with van der Waals surface area (Å²) in [5, 5.41) is 19.8. The van der Waals surface area contributed by atoms with Gasteiger partial charge >= 0.3 is 11.4 Å². The average Bonchev–Trinajstić information content (AvgIpc) is 2.69. The Balaban J connectivity index is 2.13. The van der Waals surface area contributed by atoms with Gasteiger partial charge in [-0.05, 0) is 19.9 Å². The predicted molar refractivity (Wildman–Crippen MR) is 107 cm³/mol. The maximum absolute atomic E-state index is 12.2. The van der Waals surface area contributed by atoms with Gasteiger partial charge in [0.15, 0.2) is 10.8 Å². The number of aromatic nitrogens is 3. The second-order valence-electron chi connectivity index (χ2n) is 5.57. The van der Waals surface area contributed by atoms with Crippen LogP contribution in [0.1, 0.15) is 19.4 Å². The maximum atomic E-state index is 12.2. The van der Waals surface area contributed by atoms with Crippen LogP contribution in [0.15, 0.2) is 31.8 Å².